The van der Waals surface area contributed by atoms with E-state index < -0.39 is 0 Å². The molecule has 4 nitrogen and oxygen atoms in total. The predicted molar refractivity (Wildman–Crippen MR) is 109 cm³/mol. The van der Waals surface area contributed by atoms with Crippen LogP contribution in [0.2, 0.25) is 0 Å². The van der Waals surface area contributed by atoms with Crippen LogP contribution in [0.15, 0.2) is 66.7 Å². The van der Waals surface area contributed by atoms with Gasteiger partial charge in [0.15, 0.2) is 0 Å². The molecule has 2 amide bonds. The Morgan fingerprint density at radius 3 is 2.00 bits per heavy atom. The Kier molecular flexibility index (Phi) is 5.36. The lowest BCUT2D eigenvalue weighted by Gasteiger charge is -2.12. The maximum Gasteiger partial charge on any atom is 0.255 e. The number of nitrogens with one attached hydrogen (secondary N) is 2. The van der Waals surface area contributed by atoms with Crippen molar-refractivity contribution in [1.29, 1.82) is 0 Å². The van der Waals surface area contributed by atoms with Gasteiger partial charge in [-0.2, -0.15) is 0 Å². The van der Waals surface area contributed by atoms with Gasteiger partial charge in [0, 0.05) is 22.5 Å². The van der Waals surface area contributed by atoms with Gasteiger partial charge in [0.25, 0.3) is 11.8 Å². The summed E-state index contributed by atoms with van der Waals surface area (Å²) in [6.45, 7) is 5.93. The van der Waals surface area contributed by atoms with Crippen LogP contribution in [-0.2, 0) is 0 Å². The number of aryl methyl sites for hydroxylation is 3. The normalized spacial score (nSPS) is 10.3. The molecule has 0 radical (unpaired) electrons. The molecule has 0 fully saturated rings. The molecular weight excluding hydrogens is 336 g/mol. The molecule has 2 N–H and O–H groups in total. The van der Waals surface area contributed by atoms with E-state index in [1.54, 1.807) is 24.3 Å². The Hall–Kier alpha value is -3.40. The van der Waals surface area contributed by atoms with Crippen LogP contribution in [0.1, 0.15) is 37.4 Å². The van der Waals surface area contributed by atoms with Crippen molar-refractivity contribution in [3.05, 3.63) is 94.5 Å². The van der Waals surface area contributed by atoms with E-state index in [9.17, 15) is 9.59 Å². The molecule has 0 spiro atoms. The molecule has 3 aromatic carbocycles. The molecule has 3 rings (SSSR count). The van der Waals surface area contributed by atoms with Crippen LogP contribution in [0, 0.1) is 20.8 Å². The zero-order valence-corrected chi connectivity index (χ0v) is 15.7. The highest BCUT2D eigenvalue weighted by Gasteiger charge is 2.12. The molecule has 0 heterocycles. The van der Waals surface area contributed by atoms with Gasteiger partial charge in [-0.05, 0) is 73.9 Å². The summed E-state index contributed by atoms with van der Waals surface area (Å²) in [5.41, 5.74) is 5.61. The van der Waals surface area contributed by atoms with E-state index in [0.29, 0.717) is 16.8 Å². The molecule has 0 aliphatic heterocycles. The maximum absolute atomic E-state index is 12.6. The predicted octanol–water partition coefficient (Wildman–Crippen LogP) is 5.12. The topological polar surface area (TPSA) is 58.2 Å². The van der Waals surface area contributed by atoms with Crippen LogP contribution < -0.4 is 10.6 Å². The Bertz CT molecular complexity index is 995. The van der Waals surface area contributed by atoms with E-state index in [2.05, 4.69) is 10.6 Å². The van der Waals surface area contributed by atoms with Crippen LogP contribution >= 0.6 is 0 Å². The highest BCUT2D eigenvalue weighted by atomic mass is 16.2. The Balaban J connectivity index is 1.78. The van der Waals surface area contributed by atoms with Gasteiger partial charge in [0.2, 0.25) is 0 Å². The van der Waals surface area contributed by atoms with Crippen molar-refractivity contribution >= 4 is 23.2 Å². The minimum atomic E-state index is -0.214. The van der Waals surface area contributed by atoms with Gasteiger partial charge in [-0.3, -0.25) is 9.59 Å². The first-order chi connectivity index (χ1) is 12.9. The Labute approximate surface area is 159 Å². The number of anilines is 2. The first kappa shape index (κ1) is 18.4. The summed E-state index contributed by atoms with van der Waals surface area (Å²) in [7, 11) is 0. The van der Waals surface area contributed by atoms with E-state index in [1.807, 2.05) is 63.2 Å². The monoisotopic (exact) mass is 358 g/mol. The van der Waals surface area contributed by atoms with Crippen molar-refractivity contribution < 1.29 is 9.59 Å². The smallest absolute Gasteiger partial charge is 0.255 e. The molecule has 4 heteroatoms. The summed E-state index contributed by atoms with van der Waals surface area (Å²) in [4.78, 5) is 25.0. The summed E-state index contributed by atoms with van der Waals surface area (Å²) < 4.78 is 0. The number of amides is 2. The van der Waals surface area contributed by atoms with Crippen molar-refractivity contribution in [2.24, 2.45) is 0 Å². The average Bonchev–Trinajstić information content (AvgIpc) is 2.67. The van der Waals surface area contributed by atoms with Crippen molar-refractivity contribution in [1.82, 2.24) is 0 Å². The van der Waals surface area contributed by atoms with Gasteiger partial charge >= 0.3 is 0 Å². The summed E-state index contributed by atoms with van der Waals surface area (Å²) in [5, 5.41) is 5.79. The molecule has 27 heavy (non-hydrogen) atoms. The number of carbonyl (C=O) groups is 2. The summed E-state index contributed by atoms with van der Waals surface area (Å²) >= 11 is 0. The first-order valence-corrected chi connectivity index (χ1v) is 8.79. The lowest BCUT2D eigenvalue weighted by atomic mass is 10.1. The van der Waals surface area contributed by atoms with E-state index in [1.165, 1.54) is 5.56 Å². The molecule has 0 bridgehead atoms. The first-order valence-electron chi connectivity index (χ1n) is 8.79. The number of hydrogen-bond donors (Lipinski definition) is 2. The zero-order chi connectivity index (χ0) is 19.4. The molecule has 0 aliphatic carbocycles. The van der Waals surface area contributed by atoms with E-state index >= 15 is 0 Å². The SMILES string of the molecule is Cc1ccc(NC(=O)c2ccc(C)c(NC(=O)c3ccccc3)c2)cc1C. The van der Waals surface area contributed by atoms with Gasteiger partial charge in [0.05, 0.1) is 0 Å². The lowest BCUT2D eigenvalue weighted by Crippen LogP contribution is -2.15. The highest BCUT2D eigenvalue weighted by molar-refractivity contribution is 6.07. The summed E-state index contributed by atoms with van der Waals surface area (Å²) in [6, 6.07) is 20.1. The largest absolute Gasteiger partial charge is 0.322 e. The van der Waals surface area contributed by atoms with Gasteiger partial charge in [-0.1, -0.05) is 30.3 Å². The minimum absolute atomic E-state index is 0.203. The summed E-state index contributed by atoms with van der Waals surface area (Å²) in [6.07, 6.45) is 0. The number of benzene rings is 3. The molecule has 0 saturated heterocycles. The zero-order valence-electron chi connectivity index (χ0n) is 15.7. The third-order valence-corrected chi connectivity index (χ3v) is 4.55. The van der Waals surface area contributed by atoms with Gasteiger partial charge in [-0.15, -0.1) is 0 Å². The molecule has 3 aromatic rings. The quantitative estimate of drug-likeness (QED) is 0.680. The third-order valence-electron chi connectivity index (χ3n) is 4.55. The van der Waals surface area contributed by atoms with Crippen LogP contribution in [0.5, 0.6) is 0 Å². The second kappa shape index (κ2) is 7.87. The number of hydrogen-bond acceptors (Lipinski definition) is 2. The molecule has 0 saturated carbocycles. The lowest BCUT2D eigenvalue weighted by molar-refractivity contribution is 0.101. The average molecular weight is 358 g/mol. The molecular formula is C23H22N2O2. The van der Waals surface area contributed by atoms with E-state index in [0.717, 1.165) is 16.8 Å². The fourth-order valence-corrected chi connectivity index (χ4v) is 2.70. The van der Waals surface area contributed by atoms with Crippen molar-refractivity contribution in [3.63, 3.8) is 0 Å². The number of carbonyl (C=O) groups excluding carboxylic acids is 2. The second-order valence-corrected chi connectivity index (χ2v) is 6.60. The standard InChI is InChI=1S/C23H22N2O2/c1-15-10-12-20(13-17(15)3)24-23(27)19-11-9-16(2)21(14-19)25-22(26)18-7-5-4-6-8-18/h4-14H,1-3H3,(H,24,27)(H,25,26). The Morgan fingerprint density at radius 1 is 0.630 bits per heavy atom. The van der Waals surface area contributed by atoms with E-state index in [4.69, 9.17) is 0 Å². The fourth-order valence-electron chi connectivity index (χ4n) is 2.70. The fraction of sp³-hybridized carbons (Fsp3) is 0.130. The number of rotatable bonds is 4. The van der Waals surface area contributed by atoms with Crippen LogP contribution in [-0.4, -0.2) is 11.8 Å². The molecule has 136 valence electrons. The highest BCUT2D eigenvalue weighted by Crippen LogP contribution is 2.20. The third kappa shape index (κ3) is 4.42. The van der Waals surface area contributed by atoms with Crippen LogP contribution in [0.4, 0.5) is 11.4 Å². The van der Waals surface area contributed by atoms with Crippen LogP contribution in [0.25, 0.3) is 0 Å². The van der Waals surface area contributed by atoms with Gasteiger partial charge in [0.1, 0.15) is 0 Å². The van der Waals surface area contributed by atoms with Gasteiger partial charge < -0.3 is 10.6 Å². The van der Waals surface area contributed by atoms with Gasteiger partial charge in [-0.25, -0.2) is 0 Å². The maximum atomic E-state index is 12.6. The van der Waals surface area contributed by atoms with Crippen molar-refractivity contribution in [2.75, 3.05) is 10.6 Å². The van der Waals surface area contributed by atoms with Crippen molar-refractivity contribution in [2.45, 2.75) is 20.8 Å². The Morgan fingerprint density at radius 2 is 1.30 bits per heavy atom. The molecule has 0 aliphatic rings. The van der Waals surface area contributed by atoms with E-state index in [-0.39, 0.29) is 11.8 Å². The van der Waals surface area contributed by atoms with Crippen LogP contribution in [0.3, 0.4) is 0 Å². The molecule has 0 aromatic heterocycles. The second-order valence-electron chi connectivity index (χ2n) is 6.60. The minimum Gasteiger partial charge on any atom is -0.322 e. The summed E-state index contributed by atoms with van der Waals surface area (Å²) in [5.74, 6) is -0.418. The molecule has 0 unspecified atom stereocenters. The molecule has 0 atom stereocenters. The van der Waals surface area contributed by atoms with Crippen molar-refractivity contribution in [3.8, 4) is 0 Å².